The smallest absolute Gasteiger partial charge is 0.228 e. The molecule has 0 saturated heterocycles. The molecule has 1 aromatic carbocycles. The number of benzene rings is 1. The van der Waals surface area contributed by atoms with Crippen molar-refractivity contribution in [3.05, 3.63) is 22.7 Å². The van der Waals surface area contributed by atoms with Gasteiger partial charge in [0.2, 0.25) is 5.91 Å². The second kappa shape index (κ2) is 6.61. The Morgan fingerprint density at radius 1 is 1.53 bits per heavy atom. The molecule has 1 amide bonds. The number of anilines is 1. The maximum atomic E-state index is 11.8. The maximum Gasteiger partial charge on any atom is 0.228 e. The van der Waals surface area contributed by atoms with Gasteiger partial charge in [-0.2, -0.15) is 0 Å². The van der Waals surface area contributed by atoms with Crippen molar-refractivity contribution in [3.63, 3.8) is 0 Å². The second-order valence-corrected chi connectivity index (χ2v) is 4.63. The second-order valence-electron chi connectivity index (χ2n) is 3.71. The van der Waals surface area contributed by atoms with E-state index in [9.17, 15) is 4.79 Å². The zero-order chi connectivity index (χ0) is 12.8. The first-order chi connectivity index (χ1) is 8.10. The molecule has 1 aromatic rings. The summed E-state index contributed by atoms with van der Waals surface area (Å²) in [5.41, 5.74) is 6.23. The third-order valence-corrected chi connectivity index (χ3v) is 2.98. The Kier molecular flexibility index (Phi) is 5.44. The van der Waals surface area contributed by atoms with E-state index in [-0.39, 0.29) is 11.8 Å². The van der Waals surface area contributed by atoms with Gasteiger partial charge in [0.25, 0.3) is 0 Å². The average Bonchev–Trinajstić information content (AvgIpc) is 2.29. The van der Waals surface area contributed by atoms with Gasteiger partial charge >= 0.3 is 0 Å². The first-order valence-corrected chi connectivity index (χ1v) is 6.25. The van der Waals surface area contributed by atoms with Crippen molar-refractivity contribution in [2.75, 3.05) is 19.0 Å². The SMILES string of the molecule is CCC(CN)C(=O)Nc1cc(Br)cc(OC)c1. The zero-order valence-corrected chi connectivity index (χ0v) is 11.6. The van der Waals surface area contributed by atoms with E-state index in [1.165, 1.54) is 0 Å². The molecule has 1 atom stereocenters. The van der Waals surface area contributed by atoms with Gasteiger partial charge in [-0.05, 0) is 18.6 Å². The summed E-state index contributed by atoms with van der Waals surface area (Å²) in [6, 6.07) is 5.42. The number of hydrogen-bond acceptors (Lipinski definition) is 3. The fraction of sp³-hybridized carbons (Fsp3) is 0.417. The highest BCUT2D eigenvalue weighted by atomic mass is 79.9. The van der Waals surface area contributed by atoms with Crippen LogP contribution in [0.1, 0.15) is 13.3 Å². The molecule has 0 radical (unpaired) electrons. The number of rotatable bonds is 5. The number of ether oxygens (including phenoxy) is 1. The van der Waals surface area contributed by atoms with Gasteiger partial charge in [0.05, 0.1) is 13.0 Å². The van der Waals surface area contributed by atoms with Crippen LogP contribution in [0.15, 0.2) is 22.7 Å². The topological polar surface area (TPSA) is 64.4 Å². The van der Waals surface area contributed by atoms with Crippen molar-refractivity contribution >= 4 is 27.5 Å². The minimum atomic E-state index is -0.153. The van der Waals surface area contributed by atoms with Gasteiger partial charge in [0.1, 0.15) is 5.75 Å². The van der Waals surface area contributed by atoms with Crippen LogP contribution in [0.5, 0.6) is 5.75 Å². The Balaban J connectivity index is 2.80. The Bertz CT molecular complexity index is 392. The van der Waals surface area contributed by atoms with Gasteiger partial charge in [-0.25, -0.2) is 0 Å². The fourth-order valence-corrected chi connectivity index (χ4v) is 1.93. The van der Waals surface area contributed by atoms with Gasteiger partial charge in [-0.3, -0.25) is 4.79 Å². The van der Waals surface area contributed by atoms with Gasteiger partial charge in [0, 0.05) is 22.8 Å². The molecular weight excluding hydrogens is 284 g/mol. The van der Waals surface area contributed by atoms with E-state index < -0.39 is 0 Å². The Hall–Kier alpha value is -1.07. The molecule has 17 heavy (non-hydrogen) atoms. The standard InChI is InChI=1S/C12H17BrN2O2/c1-3-8(7-14)12(16)15-10-4-9(13)5-11(6-10)17-2/h4-6,8H,3,7,14H2,1-2H3,(H,15,16). The van der Waals surface area contributed by atoms with Crippen LogP contribution >= 0.6 is 15.9 Å². The molecule has 0 aliphatic rings. The molecular formula is C12H17BrN2O2. The molecule has 0 heterocycles. The highest BCUT2D eigenvalue weighted by Gasteiger charge is 2.14. The number of carbonyl (C=O) groups is 1. The van der Waals surface area contributed by atoms with Crippen molar-refractivity contribution in [3.8, 4) is 5.75 Å². The number of amides is 1. The molecule has 94 valence electrons. The zero-order valence-electron chi connectivity index (χ0n) is 10.00. The summed E-state index contributed by atoms with van der Waals surface area (Å²) in [5.74, 6) is 0.477. The van der Waals surface area contributed by atoms with Crippen LogP contribution in [0, 0.1) is 5.92 Å². The Labute approximate surface area is 110 Å². The number of methoxy groups -OCH3 is 1. The van der Waals surface area contributed by atoms with Crippen LogP contribution in [-0.2, 0) is 4.79 Å². The van der Waals surface area contributed by atoms with Crippen LogP contribution in [0.2, 0.25) is 0 Å². The largest absolute Gasteiger partial charge is 0.497 e. The lowest BCUT2D eigenvalue weighted by Crippen LogP contribution is -2.28. The number of hydrogen-bond donors (Lipinski definition) is 2. The minimum Gasteiger partial charge on any atom is -0.497 e. The summed E-state index contributed by atoms with van der Waals surface area (Å²) in [7, 11) is 1.59. The van der Waals surface area contributed by atoms with Crippen molar-refractivity contribution in [1.82, 2.24) is 0 Å². The van der Waals surface area contributed by atoms with E-state index in [0.717, 1.165) is 10.9 Å². The van der Waals surface area contributed by atoms with Crippen LogP contribution in [0.3, 0.4) is 0 Å². The molecule has 1 rings (SSSR count). The summed E-state index contributed by atoms with van der Waals surface area (Å²) in [4.78, 5) is 11.8. The number of carbonyl (C=O) groups excluding carboxylic acids is 1. The van der Waals surface area contributed by atoms with Crippen molar-refractivity contribution in [2.45, 2.75) is 13.3 Å². The molecule has 0 fully saturated rings. The van der Waals surface area contributed by atoms with E-state index in [0.29, 0.717) is 18.0 Å². The number of nitrogens with two attached hydrogens (primary N) is 1. The fourth-order valence-electron chi connectivity index (χ4n) is 1.46. The molecule has 1 unspecified atom stereocenters. The summed E-state index contributed by atoms with van der Waals surface area (Å²) in [6.45, 7) is 2.30. The lowest BCUT2D eigenvalue weighted by Gasteiger charge is -2.13. The first kappa shape index (κ1) is 14.0. The van der Waals surface area contributed by atoms with E-state index in [4.69, 9.17) is 10.5 Å². The summed E-state index contributed by atoms with van der Waals surface area (Å²) in [6.07, 6.45) is 0.730. The summed E-state index contributed by atoms with van der Waals surface area (Å²) in [5, 5.41) is 2.83. The van der Waals surface area contributed by atoms with Crippen molar-refractivity contribution in [1.29, 1.82) is 0 Å². The number of nitrogens with one attached hydrogen (secondary N) is 1. The highest BCUT2D eigenvalue weighted by molar-refractivity contribution is 9.10. The molecule has 0 saturated carbocycles. The normalized spacial score (nSPS) is 12.0. The Morgan fingerprint density at radius 2 is 2.24 bits per heavy atom. The van der Waals surface area contributed by atoms with Crippen molar-refractivity contribution in [2.24, 2.45) is 11.7 Å². The van der Waals surface area contributed by atoms with E-state index in [2.05, 4.69) is 21.2 Å². The quantitative estimate of drug-likeness (QED) is 0.877. The molecule has 3 N–H and O–H groups in total. The predicted molar refractivity (Wildman–Crippen MR) is 72.2 cm³/mol. The third kappa shape index (κ3) is 4.02. The van der Waals surface area contributed by atoms with Crippen LogP contribution < -0.4 is 15.8 Å². The minimum absolute atomic E-state index is 0.0600. The predicted octanol–water partition coefficient (Wildman–Crippen LogP) is 2.38. The summed E-state index contributed by atoms with van der Waals surface area (Å²) < 4.78 is 5.98. The average molecular weight is 301 g/mol. The lowest BCUT2D eigenvalue weighted by molar-refractivity contribution is -0.119. The molecule has 0 spiro atoms. The molecule has 0 aliphatic carbocycles. The molecule has 4 nitrogen and oxygen atoms in total. The van der Waals surface area contributed by atoms with E-state index in [1.54, 1.807) is 13.2 Å². The number of halogens is 1. The molecule has 0 aliphatic heterocycles. The van der Waals surface area contributed by atoms with Gasteiger partial charge in [-0.1, -0.05) is 22.9 Å². The van der Waals surface area contributed by atoms with Gasteiger partial charge < -0.3 is 15.8 Å². The van der Waals surface area contributed by atoms with Crippen molar-refractivity contribution < 1.29 is 9.53 Å². The third-order valence-electron chi connectivity index (χ3n) is 2.52. The summed E-state index contributed by atoms with van der Waals surface area (Å²) >= 11 is 3.36. The molecule has 5 heteroatoms. The Morgan fingerprint density at radius 3 is 2.76 bits per heavy atom. The maximum absolute atomic E-state index is 11.8. The van der Waals surface area contributed by atoms with E-state index >= 15 is 0 Å². The molecule has 0 aromatic heterocycles. The van der Waals surface area contributed by atoms with Crippen LogP contribution in [-0.4, -0.2) is 19.6 Å². The van der Waals surface area contributed by atoms with E-state index in [1.807, 2.05) is 19.1 Å². The monoisotopic (exact) mass is 300 g/mol. The van der Waals surface area contributed by atoms with Gasteiger partial charge in [-0.15, -0.1) is 0 Å². The first-order valence-electron chi connectivity index (χ1n) is 5.46. The molecule has 0 bridgehead atoms. The van der Waals surface area contributed by atoms with Gasteiger partial charge in [0.15, 0.2) is 0 Å². The lowest BCUT2D eigenvalue weighted by atomic mass is 10.1. The highest BCUT2D eigenvalue weighted by Crippen LogP contribution is 2.24. The van der Waals surface area contributed by atoms with Crippen LogP contribution in [0.25, 0.3) is 0 Å². The van der Waals surface area contributed by atoms with Crippen LogP contribution in [0.4, 0.5) is 5.69 Å².